The van der Waals surface area contributed by atoms with Gasteiger partial charge in [0.1, 0.15) is 5.82 Å². The number of imidazole rings is 1. The van der Waals surface area contributed by atoms with Crippen LogP contribution in [0.15, 0.2) is 59.5 Å². The lowest BCUT2D eigenvalue weighted by Gasteiger charge is -2.16. The van der Waals surface area contributed by atoms with E-state index in [1.54, 1.807) is 23.5 Å². The van der Waals surface area contributed by atoms with Crippen LogP contribution in [-0.4, -0.2) is 33.6 Å². The predicted molar refractivity (Wildman–Crippen MR) is 107 cm³/mol. The van der Waals surface area contributed by atoms with Crippen molar-refractivity contribution in [1.29, 1.82) is 0 Å². The number of nitrogens with zero attached hydrogens (tertiary/aromatic N) is 1. The van der Waals surface area contributed by atoms with Crippen LogP contribution in [0.1, 0.15) is 18.3 Å². The zero-order chi connectivity index (χ0) is 17.5. The molecule has 25 heavy (non-hydrogen) atoms. The lowest BCUT2D eigenvalue weighted by atomic mass is 10.2. The Balaban J connectivity index is 1.66. The Bertz CT molecular complexity index is 787. The maximum absolute atomic E-state index is 12.4. The van der Waals surface area contributed by atoms with E-state index in [0.29, 0.717) is 5.75 Å². The second kappa shape index (κ2) is 8.97. The molecule has 1 heterocycles. The molecule has 1 unspecified atom stereocenters. The number of aromatic nitrogens is 2. The van der Waals surface area contributed by atoms with Crippen LogP contribution >= 0.6 is 23.5 Å². The van der Waals surface area contributed by atoms with E-state index in [1.807, 2.05) is 54.6 Å². The van der Waals surface area contributed by atoms with Crippen molar-refractivity contribution in [3.63, 3.8) is 0 Å². The van der Waals surface area contributed by atoms with Gasteiger partial charge in [0, 0.05) is 4.90 Å². The zero-order valence-corrected chi connectivity index (χ0v) is 15.7. The number of fused-ring (bicyclic) bond motifs is 1. The number of nitrogens with one attached hydrogen (secondary N) is 2. The van der Waals surface area contributed by atoms with Crippen LogP contribution < -0.4 is 5.32 Å². The normalized spacial score (nSPS) is 12.2. The number of benzene rings is 2. The molecule has 1 aromatic heterocycles. The second-order valence-corrected chi connectivity index (χ2v) is 7.68. The number of aromatic amines is 1. The van der Waals surface area contributed by atoms with Gasteiger partial charge in [0.25, 0.3) is 0 Å². The number of rotatable bonds is 8. The quantitative estimate of drug-likeness (QED) is 0.581. The Morgan fingerprint density at radius 3 is 2.68 bits per heavy atom. The van der Waals surface area contributed by atoms with E-state index < -0.39 is 0 Å². The SMILES string of the molecule is CSCCC(NC(=O)CSc1ccccc1)c1nc2ccccc2[nH]1. The van der Waals surface area contributed by atoms with Crippen molar-refractivity contribution in [2.45, 2.75) is 17.4 Å². The number of hydrogen-bond donors (Lipinski definition) is 2. The standard InChI is InChI=1S/C19H21N3OS2/c1-24-12-11-17(19-21-15-9-5-6-10-16(15)22-19)20-18(23)13-25-14-7-3-2-4-8-14/h2-10,17H,11-13H2,1H3,(H,20,23)(H,21,22). The van der Waals surface area contributed by atoms with Crippen molar-refractivity contribution in [3.8, 4) is 0 Å². The molecule has 0 radical (unpaired) electrons. The Labute approximate surface area is 156 Å². The van der Waals surface area contributed by atoms with Crippen molar-refractivity contribution >= 4 is 40.5 Å². The highest BCUT2D eigenvalue weighted by Gasteiger charge is 2.18. The van der Waals surface area contributed by atoms with Crippen molar-refractivity contribution < 1.29 is 4.79 Å². The van der Waals surface area contributed by atoms with Gasteiger partial charge in [0.05, 0.1) is 22.8 Å². The molecule has 130 valence electrons. The molecule has 6 heteroatoms. The fourth-order valence-electron chi connectivity index (χ4n) is 2.55. The molecular formula is C19H21N3OS2. The van der Waals surface area contributed by atoms with E-state index in [9.17, 15) is 4.79 Å². The smallest absolute Gasteiger partial charge is 0.230 e. The van der Waals surface area contributed by atoms with E-state index in [4.69, 9.17) is 0 Å². The zero-order valence-electron chi connectivity index (χ0n) is 14.1. The maximum Gasteiger partial charge on any atom is 0.230 e. The molecule has 0 fully saturated rings. The Morgan fingerprint density at radius 1 is 1.16 bits per heavy atom. The number of para-hydroxylation sites is 2. The molecule has 2 aromatic carbocycles. The van der Waals surface area contributed by atoms with Crippen LogP contribution in [0.25, 0.3) is 11.0 Å². The van der Waals surface area contributed by atoms with Crippen LogP contribution in [0.2, 0.25) is 0 Å². The molecule has 4 nitrogen and oxygen atoms in total. The third kappa shape index (κ3) is 5.03. The minimum atomic E-state index is -0.0938. The summed E-state index contributed by atoms with van der Waals surface area (Å²) in [5.74, 6) is 2.22. The summed E-state index contributed by atoms with van der Waals surface area (Å²) in [7, 11) is 0. The first-order valence-electron chi connectivity index (χ1n) is 8.17. The molecule has 2 N–H and O–H groups in total. The number of amides is 1. The van der Waals surface area contributed by atoms with E-state index in [0.717, 1.165) is 33.9 Å². The average molecular weight is 372 g/mol. The van der Waals surface area contributed by atoms with Gasteiger partial charge in [0.15, 0.2) is 0 Å². The van der Waals surface area contributed by atoms with Gasteiger partial charge in [-0.05, 0) is 42.7 Å². The van der Waals surface area contributed by atoms with Gasteiger partial charge >= 0.3 is 0 Å². The number of hydrogen-bond acceptors (Lipinski definition) is 4. The summed E-state index contributed by atoms with van der Waals surface area (Å²) in [6, 6.07) is 17.8. The summed E-state index contributed by atoms with van der Waals surface area (Å²) >= 11 is 3.32. The topological polar surface area (TPSA) is 57.8 Å². The van der Waals surface area contributed by atoms with Gasteiger partial charge in [0.2, 0.25) is 5.91 Å². The Morgan fingerprint density at radius 2 is 1.92 bits per heavy atom. The van der Waals surface area contributed by atoms with Gasteiger partial charge in [-0.2, -0.15) is 11.8 Å². The van der Waals surface area contributed by atoms with E-state index >= 15 is 0 Å². The summed E-state index contributed by atoms with van der Waals surface area (Å²) in [6.45, 7) is 0. The molecule has 1 amide bonds. The number of carbonyl (C=O) groups is 1. The molecule has 0 aliphatic rings. The molecule has 0 aliphatic carbocycles. The highest BCUT2D eigenvalue weighted by Crippen LogP contribution is 2.21. The molecular weight excluding hydrogens is 350 g/mol. The van der Waals surface area contributed by atoms with Crippen molar-refractivity contribution in [2.24, 2.45) is 0 Å². The summed E-state index contributed by atoms with van der Waals surface area (Å²) in [4.78, 5) is 21.5. The summed E-state index contributed by atoms with van der Waals surface area (Å²) in [6.07, 6.45) is 2.92. The summed E-state index contributed by atoms with van der Waals surface area (Å²) < 4.78 is 0. The molecule has 0 bridgehead atoms. The monoisotopic (exact) mass is 371 g/mol. The molecule has 0 saturated heterocycles. The first-order valence-corrected chi connectivity index (χ1v) is 10.5. The van der Waals surface area contributed by atoms with Crippen molar-refractivity contribution in [2.75, 3.05) is 17.8 Å². The maximum atomic E-state index is 12.4. The van der Waals surface area contributed by atoms with Gasteiger partial charge in [-0.1, -0.05) is 30.3 Å². The fourth-order valence-corrected chi connectivity index (χ4v) is 3.75. The van der Waals surface area contributed by atoms with Crippen molar-refractivity contribution in [3.05, 3.63) is 60.4 Å². The predicted octanol–water partition coefficient (Wildman–Crippen LogP) is 4.27. The molecule has 0 saturated carbocycles. The van der Waals surface area contributed by atoms with Crippen LogP contribution in [-0.2, 0) is 4.79 Å². The van der Waals surface area contributed by atoms with Crippen LogP contribution in [0, 0.1) is 0 Å². The lowest BCUT2D eigenvalue weighted by Crippen LogP contribution is -2.31. The first kappa shape index (κ1) is 17.9. The van der Waals surface area contributed by atoms with Crippen LogP contribution in [0.4, 0.5) is 0 Å². The number of thioether (sulfide) groups is 2. The van der Waals surface area contributed by atoms with E-state index in [2.05, 4.69) is 21.5 Å². The van der Waals surface area contributed by atoms with E-state index in [1.165, 1.54) is 0 Å². The van der Waals surface area contributed by atoms with Crippen LogP contribution in [0.5, 0.6) is 0 Å². The summed E-state index contributed by atoms with van der Waals surface area (Å²) in [5, 5.41) is 3.13. The molecule has 1 atom stereocenters. The number of carbonyl (C=O) groups excluding carboxylic acids is 1. The average Bonchev–Trinajstić information content (AvgIpc) is 3.08. The van der Waals surface area contributed by atoms with Crippen LogP contribution in [0.3, 0.4) is 0 Å². The fraction of sp³-hybridized carbons (Fsp3) is 0.263. The second-order valence-electron chi connectivity index (χ2n) is 5.64. The molecule has 0 aliphatic heterocycles. The van der Waals surface area contributed by atoms with Gasteiger partial charge in [-0.15, -0.1) is 11.8 Å². The van der Waals surface area contributed by atoms with Gasteiger partial charge in [-0.25, -0.2) is 4.98 Å². The first-order chi connectivity index (χ1) is 12.3. The van der Waals surface area contributed by atoms with Crippen molar-refractivity contribution in [1.82, 2.24) is 15.3 Å². The van der Waals surface area contributed by atoms with Gasteiger partial charge in [-0.3, -0.25) is 4.79 Å². The number of H-pyrrole nitrogens is 1. The highest BCUT2D eigenvalue weighted by atomic mass is 32.2. The minimum absolute atomic E-state index is 0.0282. The third-order valence-corrected chi connectivity index (χ3v) is 5.45. The Kier molecular flexibility index (Phi) is 6.42. The Hall–Kier alpha value is -1.92. The van der Waals surface area contributed by atoms with E-state index in [-0.39, 0.29) is 11.9 Å². The molecule has 3 rings (SSSR count). The minimum Gasteiger partial charge on any atom is -0.345 e. The van der Waals surface area contributed by atoms with Gasteiger partial charge < -0.3 is 10.3 Å². The molecule has 3 aromatic rings. The summed E-state index contributed by atoms with van der Waals surface area (Å²) in [5.41, 5.74) is 1.93. The third-order valence-electron chi connectivity index (χ3n) is 3.80. The largest absolute Gasteiger partial charge is 0.345 e. The highest BCUT2D eigenvalue weighted by molar-refractivity contribution is 8.00. The lowest BCUT2D eigenvalue weighted by molar-refractivity contribution is -0.119. The molecule has 0 spiro atoms.